The minimum atomic E-state index is 0.353. The first kappa shape index (κ1) is 11.9. The van der Waals surface area contributed by atoms with Crippen molar-refractivity contribution < 1.29 is 0 Å². The Morgan fingerprint density at radius 3 is 2.76 bits per heavy atom. The van der Waals surface area contributed by atoms with Gasteiger partial charge in [0.2, 0.25) is 0 Å². The zero-order valence-electron chi connectivity index (χ0n) is 10.4. The predicted octanol–water partition coefficient (Wildman–Crippen LogP) is 2.63. The van der Waals surface area contributed by atoms with Crippen molar-refractivity contribution in [3.8, 4) is 0 Å². The van der Waals surface area contributed by atoms with Crippen LogP contribution >= 0.6 is 0 Å². The standard InChI is InChI=1S/C14H19N3/c1-10(9-15)11(2)17-14-7-8-16-13-6-4-3-5-12(13)14/h3-8,10-11H,9,15H2,1-2H3,(H,16,17). The van der Waals surface area contributed by atoms with Crippen LogP contribution in [-0.4, -0.2) is 17.6 Å². The van der Waals surface area contributed by atoms with E-state index in [-0.39, 0.29) is 0 Å². The fraction of sp³-hybridized carbons (Fsp3) is 0.357. The van der Waals surface area contributed by atoms with Crippen molar-refractivity contribution in [2.24, 2.45) is 11.7 Å². The number of fused-ring (bicyclic) bond motifs is 1. The van der Waals surface area contributed by atoms with Crippen LogP contribution in [0.1, 0.15) is 13.8 Å². The summed E-state index contributed by atoms with van der Waals surface area (Å²) in [6.45, 7) is 5.00. The molecule has 1 aromatic carbocycles. The first-order chi connectivity index (χ1) is 8.22. The van der Waals surface area contributed by atoms with E-state index in [1.54, 1.807) is 0 Å². The quantitative estimate of drug-likeness (QED) is 0.847. The van der Waals surface area contributed by atoms with Gasteiger partial charge in [0.1, 0.15) is 0 Å². The molecule has 0 bridgehead atoms. The van der Waals surface area contributed by atoms with Gasteiger partial charge < -0.3 is 11.1 Å². The second-order valence-electron chi connectivity index (χ2n) is 4.52. The monoisotopic (exact) mass is 229 g/mol. The second-order valence-corrected chi connectivity index (χ2v) is 4.52. The number of hydrogen-bond acceptors (Lipinski definition) is 3. The maximum atomic E-state index is 5.69. The van der Waals surface area contributed by atoms with E-state index < -0.39 is 0 Å². The van der Waals surface area contributed by atoms with E-state index in [4.69, 9.17) is 5.73 Å². The highest BCUT2D eigenvalue weighted by Gasteiger charge is 2.11. The molecule has 2 unspecified atom stereocenters. The Kier molecular flexibility index (Phi) is 3.59. The smallest absolute Gasteiger partial charge is 0.0722 e. The molecule has 1 aromatic heterocycles. The van der Waals surface area contributed by atoms with Crippen molar-refractivity contribution in [3.05, 3.63) is 36.5 Å². The Morgan fingerprint density at radius 1 is 1.24 bits per heavy atom. The molecule has 2 rings (SSSR count). The summed E-state index contributed by atoms with van der Waals surface area (Å²) < 4.78 is 0. The van der Waals surface area contributed by atoms with Gasteiger partial charge in [0, 0.05) is 23.3 Å². The Labute approximate surface area is 102 Å². The largest absolute Gasteiger partial charge is 0.382 e. The summed E-state index contributed by atoms with van der Waals surface area (Å²) in [7, 11) is 0. The first-order valence-corrected chi connectivity index (χ1v) is 6.02. The lowest BCUT2D eigenvalue weighted by atomic mass is 10.0. The van der Waals surface area contributed by atoms with Crippen molar-refractivity contribution >= 4 is 16.6 Å². The fourth-order valence-electron chi connectivity index (χ4n) is 1.81. The summed E-state index contributed by atoms with van der Waals surface area (Å²) in [5.41, 5.74) is 7.83. The van der Waals surface area contributed by atoms with E-state index in [0.717, 1.165) is 16.6 Å². The van der Waals surface area contributed by atoms with Gasteiger partial charge in [0.15, 0.2) is 0 Å². The number of pyridine rings is 1. The van der Waals surface area contributed by atoms with Gasteiger partial charge in [-0.05, 0) is 31.5 Å². The van der Waals surface area contributed by atoms with Crippen LogP contribution in [0.2, 0.25) is 0 Å². The highest BCUT2D eigenvalue weighted by Crippen LogP contribution is 2.22. The molecule has 0 spiro atoms. The number of hydrogen-bond donors (Lipinski definition) is 2. The van der Waals surface area contributed by atoms with Gasteiger partial charge in [-0.15, -0.1) is 0 Å². The van der Waals surface area contributed by atoms with Gasteiger partial charge in [0.25, 0.3) is 0 Å². The summed E-state index contributed by atoms with van der Waals surface area (Å²) in [6, 6.07) is 10.5. The molecule has 2 aromatic rings. The first-order valence-electron chi connectivity index (χ1n) is 6.02. The van der Waals surface area contributed by atoms with Crippen molar-refractivity contribution in [2.75, 3.05) is 11.9 Å². The van der Waals surface area contributed by atoms with E-state index in [9.17, 15) is 0 Å². The number of benzene rings is 1. The Balaban J connectivity index is 2.30. The van der Waals surface area contributed by atoms with Crippen molar-refractivity contribution in [1.82, 2.24) is 4.98 Å². The minimum absolute atomic E-state index is 0.353. The summed E-state index contributed by atoms with van der Waals surface area (Å²) >= 11 is 0. The molecule has 17 heavy (non-hydrogen) atoms. The van der Waals surface area contributed by atoms with Crippen LogP contribution in [0.3, 0.4) is 0 Å². The number of anilines is 1. The molecule has 0 aliphatic rings. The van der Waals surface area contributed by atoms with Crippen molar-refractivity contribution in [2.45, 2.75) is 19.9 Å². The van der Waals surface area contributed by atoms with E-state index in [2.05, 4.69) is 30.2 Å². The normalized spacial score (nSPS) is 14.5. The number of rotatable bonds is 4. The summed E-state index contributed by atoms with van der Waals surface area (Å²) in [5.74, 6) is 0.446. The average Bonchev–Trinajstić information content (AvgIpc) is 2.38. The van der Waals surface area contributed by atoms with E-state index in [1.807, 2.05) is 30.5 Å². The zero-order valence-corrected chi connectivity index (χ0v) is 10.4. The van der Waals surface area contributed by atoms with Crippen LogP contribution in [0, 0.1) is 5.92 Å². The molecule has 3 heteroatoms. The molecule has 0 fully saturated rings. The Morgan fingerprint density at radius 2 is 2.00 bits per heavy atom. The maximum Gasteiger partial charge on any atom is 0.0722 e. The zero-order chi connectivity index (χ0) is 12.3. The molecule has 1 heterocycles. The van der Waals surface area contributed by atoms with E-state index in [1.165, 1.54) is 0 Å². The SMILES string of the molecule is CC(CN)C(C)Nc1ccnc2ccccc12. The number of para-hydroxylation sites is 1. The molecule has 0 aliphatic heterocycles. The Hall–Kier alpha value is -1.61. The predicted molar refractivity (Wildman–Crippen MR) is 73.0 cm³/mol. The van der Waals surface area contributed by atoms with Crippen molar-refractivity contribution in [1.29, 1.82) is 0 Å². The number of nitrogens with two attached hydrogens (primary N) is 1. The molecule has 0 amide bonds. The van der Waals surface area contributed by atoms with Gasteiger partial charge in [-0.1, -0.05) is 25.1 Å². The van der Waals surface area contributed by atoms with E-state index in [0.29, 0.717) is 18.5 Å². The number of aromatic nitrogens is 1. The third kappa shape index (κ3) is 2.56. The number of nitrogens with one attached hydrogen (secondary N) is 1. The van der Waals surface area contributed by atoms with Crippen LogP contribution in [0.15, 0.2) is 36.5 Å². The number of nitrogens with zero attached hydrogens (tertiary/aromatic N) is 1. The summed E-state index contributed by atoms with van der Waals surface area (Å²) in [4.78, 5) is 4.35. The van der Waals surface area contributed by atoms with Crippen LogP contribution in [0.25, 0.3) is 10.9 Å². The maximum absolute atomic E-state index is 5.69. The molecular formula is C14H19N3. The lowest BCUT2D eigenvalue weighted by molar-refractivity contribution is 0.522. The molecule has 0 radical (unpaired) electrons. The highest BCUT2D eigenvalue weighted by atomic mass is 14.9. The molecular weight excluding hydrogens is 210 g/mol. The molecule has 3 nitrogen and oxygen atoms in total. The van der Waals surface area contributed by atoms with Crippen LogP contribution < -0.4 is 11.1 Å². The van der Waals surface area contributed by atoms with Gasteiger partial charge in [-0.2, -0.15) is 0 Å². The third-order valence-corrected chi connectivity index (χ3v) is 3.26. The van der Waals surface area contributed by atoms with Gasteiger partial charge in [0.05, 0.1) is 5.52 Å². The van der Waals surface area contributed by atoms with Crippen molar-refractivity contribution in [3.63, 3.8) is 0 Å². The van der Waals surface area contributed by atoms with Crippen LogP contribution in [0.4, 0.5) is 5.69 Å². The minimum Gasteiger partial charge on any atom is -0.382 e. The average molecular weight is 229 g/mol. The van der Waals surface area contributed by atoms with Gasteiger partial charge >= 0.3 is 0 Å². The van der Waals surface area contributed by atoms with Gasteiger partial charge in [-0.3, -0.25) is 4.98 Å². The Bertz CT molecular complexity index is 490. The molecule has 0 saturated heterocycles. The second kappa shape index (κ2) is 5.15. The van der Waals surface area contributed by atoms with Crippen LogP contribution in [0.5, 0.6) is 0 Å². The molecule has 0 saturated carbocycles. The summed E-state index contributed by atoms with van der Waals surface area (Å²) in [5, 5.41) is 4.67. The fourth-order valence-corrected chi connectivity index (χ4v) is 1.81. The third-order valence-electron chi connectivity index (χ3n) is 3.26. The topological polar surface area (TPSA) is 50.9 Å². The lowest BCUT2D eigenvalue weighted by Gasteiger charge is -2.21. The van der Waals surface area contributed by atoms with Crippen LogP contribution in [-0.2, 0) is 0 Å². The van der Waals surface area contributed by atoms with E-state index >= 15 is 0 Å². The summed E-state index contributed by atoms with van der Waals surface area (Å²) in [6.07, 6.45) is 1.84. The van der Waals surface area contributed by atoms with Gasteiger partial charge in [-0.25, -0.2) is 0 Å². The lowest BCUT2D eigenvalue weighted by Crippen LogP contribution is -2.29. The molecule has 90 valence electrons. The highest BCUT2D eigenvalue weighted by molar-refractivity contribution is 5.90. The molecule has 2 atom stereocenters. The molecule has 3 N–H and O–H groups in total. The molecule has 0 aliphatic carbocycles.